The molecule has 0 bridgehead atoms. The van der Waals surface area contributed by atoms with Gasteiger partial charge in [0, 0.05) is 33.1 Å². The lowest BCUT2D eigenvalue weighted by atomic mass is 10.0. The van der Waals surface area contributed by atoms with Crippen LogP contribution in [0.4, 0.5) is 0 Å². The molecule has 26 heavy (non-hydrogen) atoms. The summed E-state index contributed by atoms with van der Waals surface area (Å²) >= 11 is 0. The molecular weight excluding hydrogens is 356 g/mol. The third-order valence-electron chi connectivity index (χ3n) is 4.42. The number of carbonyl (C=O) groups excluding carboxylic acids is 1. The number of sulfonamides is 1. The van der Waals surface area contributed by atoms with Gasteiger partial charge >= 0.3 is 11.8 Å². The van der Waals surface area contributed by atoms with Crippen LogP contribution in [-0.2, 0) is 10.0 Å². The summed E-state index contributed by atoms with van der Waals surface area (Å²) in [4.78, 5) is 14.1. The molecule has 2 heterocycles. The highest BCUT2D eigenvalue weighted by molar-refractivity contribution is 7.89. The van der Waals surface area contributed by atoms with Gasteiger partial charge in [-0.3, -0.25) is 4.79 Å². The molecule has 1 aliphatic rings. The van der Waals surface area contributed by atoms with Crippen LogP contribution in [0, 0.1) is 6.92 Å². The first-order valence-corrected chi connectivity index (χ1v) is 9.92. The summed E-state index contributed by atoms with van der Waals surface area (Å²) in [6.45, 7) is 6.75. The molecule has 1 aromatic heterocycles. The quantitative estimate of drug-likeness (QED) is 0.802. The molecule has 0 aliphatic carbocycles. The predicted octanol–water partition coefficient (Wildman–Crippen LogP) is 1.65. The number of hydrogen-bond donors (Lipinski definition) is 0. The Bertz CT molecular complexity index is 882. The van der Waals surface area contributed by atoms with E-state index in [0.717, 1.165) is 5.56 Å². The number of benzene rings is 1. The van der Waals surface area contributed by atoms with E-state index in [0.29, 0.717) is 11.8 Å². The van der Waals surface area contributed by atoms with Crippen LogP contribution in [0.2, 0.25) is 0 Å². The fourth-order valence-electron chi connectivity index (χ4n) is 2.82. The lowest BCUT2D eigenvalue weighted by Gasteiger charge is -2.33. The van der Waals surface area contributed by atoms with Crippen LogP contribution >= 0.6 is 0 Å². The smallest absolute Gasteiger partial charge is 0.311 e. The maximum Gasteiger partial charge on any atom is 0.311 e. The van der Waals surface area contributed by atoms with Gasteiger partial charge < -0.3 is 9.32 Å². The number of rotatable bonds is 4. The van der Waals surface area contributed by atoms with Gasteiger partial charge in [0.1, 0.15) is 0 Å². The highest BCUT2D eigenvalue weighted by Gasteiger charge is 2.31. The van der Waals surface area contributed by atoms with Crippen molar-refractivity contribution in [2.75, 3.05) is 26.2 Å². The van der Waals surface area contributed by atoms with Gasteiger partial charge in [-0.25, -0.2) is 8.42 Å². The summed E-state index contributed by atoms with van der Waals surface area (Å²) in [5.41, 5.74) is 1.09. The Balaban J connectivity index is 1.67. The monoisotopic (exact) mass is 378 g/mol. The van der Waals surface area contributed by atoms with Crippen molar-refractivity contribution in [3.8, 4) is 0 Å². The molecule has 9 heteroatoms. The van der Waals surface area contributed by atoms with Crippen molar-refractivity contribution < 1.29 is 17.6 Å². The van der Waals surface area contributed by atoms with Crippen molar-refractivity contribution in [2.24, 2.45) is 0 Å². The van der Waals surface area contributed by atoms with Gasteiger partial charge in [-0.2, -0.15) is 4.31 Å². The van der Waals surface area contributed by atoms with Crippen molar-refractivity contribution >= 4 is 15.9 Å². The number of nitrogens with zero attached hydrogens (tertiary/aromatic N) is 4. The molecule has 1 aromatic carbocycles. The number of hydrogen-bond acceptors (Lipinski definition) is 6. The van der Waals surface area contributed by atoms with Crippen molar-refractivity contribution in [2.45, 2.75) is 31.6 Å². The zero-order valence-electron chi connectivity index (χ0n) is 15.0. The molecule has 1 amide bonds. The van der Waals surface area contributed by atoms with Gasteiger partial charge in [-0.1, -0.05) is 26.0 Å². The molecule has 0 atom stereocenters. The Morgan fingerprint density at radius 3 is 2.19 bits per heavy atom. The van der Waals surface area contributed by atoms with E-state index in [2.05, 4.69) is 24.0 Å². The molecule has 2 aromatic rings. The first kappa shape index (κ1) is 18.5. The molecule has 1 aliphatic heterocycles. The average molecular weight is 378 g/mol. The third kappa shape index (κ3) is 3.63. The molecule has 0 spiro atoms. The first-order valence-electron chi connectivity index (χ1n) is 8.48. The minimum atomic E-state index is -3.57. The van der Waals surface area contributed by atoms with Crippen LogP contribution in [0.3, 0.4) is 0 Å². The molecule has 3 rings (SSSR count). The highest BCUT2D eigenvalue weighted by atomic mass is 32.2. The standard InChI is InChI=1S/C17H22N4O4S/c1-12(2)14-4-6-15(7-5-14)26(23,24)21-10-8-20(9-11-21)17(22)16-19-18-13(3)25-16/h4-7,12H,8-11H2,1-3H3. The summed E-state index contributed by atoms with van der Waals surface area (Å²) < 4.78 is 32.1. The Morgan fingerprint density at radius 1 is 1.08 bits per heavy atom. The fraction of sp³-hybridized carbons (Fsp3) is 0.471. The Kier molecular flexibility index (Phi) is 5.10. The van der Waals surface area contributed by atoms with Crippen LogP contribution in [0.1, 0.15) is 41.9 Å². The van der Waals surface area contributed by atoms with Crippen LogP contribution in [0.25, 0.3) is 0 Å². The van der Waals surface area contributed by atoms with Gasteiger partial charge in [0.25, 0.3) is 0 Å². The zero-order valence-corrected chi connectivity index (χ0v) is 15.9. The van der Waals surface area contributed by atoms with Gasteiger partial charge in [0.2, 0.25) is 15.9 Å². The zero-order chi connectivity index (χ0) is 18.9. The van der Waals surface area contributed by atoms with E-state index in [1.165, 1.54) is 9.21 Å². The van der Waals surface area contributed by atoms with Gasteiger partial charge in [0.05, 0.1) is 4.90 Å². The fourth-order valence-corrected chi connectivity index (χ4v) is 4.25. The number of piperazine rings is 1. The molecule has 0 radical (unpaired) electrons. The third-order valence-corrected chi connectivity index (χ3v) is 6.33. The summed E-state index contributed by atoms with van der Waals surface area (Å²) in [5, 5.41) is 7.36. The van der Waals surface area contributed by atoms with Gasteiger partial charge in [0.15, 0.2) is 0 Å². The number of aryl methyl sites for hydroxylation is 1. The van der Waals surface area contributed by atoms with Crippen LogP contribution < -0.4 is 0 Å². The van der Waals surface area contributed by atoms with Crippen LogP contribution in [0.5, 0.6) is 0 Å². The topological polar surface area (TPSA) is 96.6 Å². The second-order valence-corrected chi connectivity index (χ2v) is 8.48. The summed E-state index contributed by atoms with van der Waals surface area (Å²) in [6, 6.07) is 6.97. The average Bonchev–Trinajstić information content (AvgIpc) is 3.07. The van der Waals surface area contributed by atoms with Crippen LogP contribution in [0.15, 0.2) is 33.6 Å². The normalized spacial score (nSPS) is 16.2. The Morgan fingerprint density at radius 2 is 1.69 bits per heavy atom. The first-order chi connectivity index (χ1) is 12.3. The molecular formula is C17H22N4O4S. The number of aromatic nitrogens is 2. The minimum Gasteiger partial charge on any atom is -0.417 e. The van der Waals surface area contributed by atoms with E-state index in [4.69, 9.17) is 4.42 Å². The van der Waals surface area contributed by atoms with Crippen molar-refractivity contribution in [3.63, 3.8) is 0 Å². The summed E-state index contributed by atoms with van der Waals surface area (Å²) in [5.74, 6) is 0.223. The number of amides is 1. The predicted molar refractivity (Wildman–Crippen MR) is 94.2 cm³/mol. The Hall–Kier alpha value is -2.26. The second kappa shape index (κ2) is 7.16. The van der Waals surface area contributed by atoms with Crippen LogP contribution in [-0.4, -0.2) is 59.9 Å². The van der Waals surface area contributed by atoms with E-state index in [9.17, 15) is 13.2 Å². The van der Waals surface area contributed by atoms with Crippen molar-refractivity contribution in [3.05, 3.63) is 41.6 Å². The lowest BCUT2D eigenvalue weighted by Crippen LogP contribution is -2.50. The maximum atomic E-state index is 12.8. The van der Waals surface area contributed by atoms with Gasteiger partial charge in [-0.05, 0) is 23.6 Å². The number of carbonyl (C=O) groups is 1. The molecule has 140 valence electrons. The SMILES string of the molecule is Cc1nnc(C(=O)N2CCN(S(=O)(=O)c3ccc(C(C)C)cc3)CC2)o1. The molecule has 1 saturated heterocycles. The van der Waals surface area contributed by atoms with Gasteiger partial charge in [-0.15, -0.1) is 10.2 Å². The molecule has 0 unspecified atom stereocenters. The van der Waals surface area contributed by atoms with E-state index in [-0.39, 0.29) is 42.9 Å². The van der Waals surface area contributed by atoms with Crippen molar-refractivity contribution in [1.82, 2.24) is 19.4 Å². The highest BCUT2D eigenvalue weighted by Crippen LogP contribution is 2.21. The van der Waals surface area contributed by atoms with E-state index < -0.39 is 10.0 Å². The Labute approximate surface area is 152 Å². The van der Waals surface area contributed by atoms with E-state index in [1.54, 1.807) is 19.1 Å². The minimum absolute atomic E-state index is 0.0666. The van der Waals surface area contributed by atoms with Crippen molar-refractivity contribution in [1.29, 1.82) is 0 Å². The summed E-state index contributed by atoms with van der Waals surface area (Å²) in [6.07, 6.45) is 0. The molecule has 1 fully saturated rings. The largest absolute Gasteiger partial charge is 0.417 e. The van der Waals surface area contributed by atoms with E-state index in [1.807, 2.05) is 12.1 Å². The molecule has 8 nitrogen and oxygen atoms in total. The maximum absolute atomic E-state index is 12.8. The summed E-state index contributed by atoms with van der Waals surface area (Å²) in [7, 11) is -3.57. The lowest BCUT2D eigenvalue weighted by molar-refractivity contribution is 0.0656. The second-order valence-electron chi connectivity index (χ2n) is 6.55. The molecule has 0 saturated carbocycles. The molecule has 0 N–H and O–H groups in total. The van der Waals surface area contributed by atoms with E-state index >= 15 is 0 Å².